The maximum absolute atomic E-state index is 12.1. The van der Waals surface area contributed by atoms with Crippen LogP contribution in [0.1, 0.15) is 43.0 Å². The predicted octanol–water partition coefficient (Wildman–Crippen LogP) is 2.85. The molecule has 0 spiro atoms. The number of amides is 2. The first-order valence-corrected chi connectivity index (χ1v) is 11.0. The van der Waals surface area contributed by atoms with E-state index >= 15 is 0 Å². The van der Waals surface area contributed by atoms with Crippen LogP contribution < -0.4 is 26.6 Å². The summed E-state index contributed by atoms with van der Waals surface area (Å²) < 4.78 is 0. The van der Waals surface area contributed by atoms with E-state index in [1.54, 1.807) is 0 Å². The van der Waals surface area contributed by atoms with E-state index in [1.165, 1.54) is 6.20 Å². The second kappa shape index (κ2) is 9.34. The number of pyridine rings is 1. The number of nitrogens with zero attached hydrogens (tertiary/aromatic N) is 2. The van der Waals surface area contributed by atoms with E-state index in [1.807, 2.05) is 35.2 Å². The van der Waals surface area contributed by atoms with Crippen LogP contribution in [0, 0.1) is 5.92 Å². The van der Waals surface area contributed by atoms with Gasteiger partial charge in [-0.1, -0.05) is 6.92 Å². The molecule has 2 aromatic rings. The highest BCUT2D eigenvalue weighted by atomic mass is 16.2. The number of hydrogen-bond donors (Lipinski definition) is 4. The van der Waals surface area contributed by atoms with Gasteiger partial charge in [-0.05, 0) is 62.5 Å². The molecule has 1 aromatic heterocycles. The van der Waals surface area contributed by atoms with E-state index in [0.29, 0.717) is 29.4 Å². The summed E-state index contributed by atoms with van der Waals surface area (Å²) in [4.78, 5) is 30.2. The third kappa shape index (κ3) is 4.96. The molecule has 8 nitrogen and oxygen atoms in total. The number of hydrogen-bond acceptors (Lipinski definition) is 6. The van der Waals surface area contributed by atoms with Crippen molar-refractivity contribution in [3.63, 3.8) is 0 Å². The smallest absolute Gasteiger partial charge is 0.252 e. The second-order valence-corrected chi connectivity index (χ2v) is 8.37. The lowest BCUT2D eigenvalue weighted by Crippen LogP contribution is -2.42. The van der Waals surface area contributed by atoms with Crippen molar-refractivity contribution in [1.82, 2.24) is 10.3 Å². The molecular formula is C23H30N6O2. The topological polar surface area (TPSA) is 112 Å². The fourth-order valence-corrected chi connectivity index (χ4v) is 4.22. The summed E-state index contributed by atoms with van der Waals surface area (Å²) in [5.74, 6) is 0.734. The van der Waals surface area contributed by atoms with Crippen LogP contribution in [0.25, 0.3) is 0 Å². The van der Waals surface area contributed by atoms with Crippen LogP contribution >= 0.6 is 0 Å². The van der Waals surface area contributed by atoms with Crippen LogP contribution in [-0.2, 0) is 4.79 Å². The normalized spacial score (nSPS) is 21.6. The zero-order valence-corrected chi connectivity index (χ0v) is 17.9. The van der Waals surface area contributed by atoms with Gasteiger partial charge in [0.2, 0.25) is 5.91 Å². The van der Waals surface area contributed by atoms with Crippen molar-refractivity contribution in [3.05, 3.63) is 42.1 Å². The molecule has 0 unspecified atom stereocenters. The molecule has 0 bridgehead atoms. The largest absolute Gasteiger partial charge is 0.381 e. The van der Waals surface area contributed by atoms with Gasteiger partial charge >= 0.3 is 0 Å². The summed E-state index contributed by atoms with van der Waals surface area (Å²) in [7, 11) is 0. The molecule has 1 aromatic carbocycles. The summed E-state index contributed by atoms with van der Waals surface area (Å²) in [5, 5.41) is 10.2. The zero-order chi connectivity index (χ0) is 21.8. The Kier molecular flexibility index (Phi) is 6.36. The highest BCUT2D eigenvalue weighted by Gasteiger charge is 2.23. The third-order valence-corrected chi connectivity index (χ3v) is 6.07. The number of nitrogens with one attached hydrogen (secondary N) is 3. The maximum Gasteiger partial charge on any atom is 0.252 e. The lowest BCUT2D eigenvalue weighted by atomic mass is 9.95. The van der Waals surface area contributed by atoms with Crippen LogP contribution in [0.5, 0.6) is 0 Å². The molecule has 0 saturated carbocycles. The lowest BCUT2D eigenvalue weighted by Gasteiger charge is -2.31. The molecule has 8 heteroatoms. The van der Waals surface area contributed by atoms with E-state index in [9.17, 15) is 9.59 Å². The van der Waals surface area contributed by atoms with Crippen molar-refractivity contribution >= 4 is 34.7 Å². The molecule has 0 aliphatic carbocycles. The molecule has 2 aliphatic rings. The third-order valence-electron chi connectivity index (χ3n) is 6.07. The number of piperidine rings is 2. The first-order chi connectivity index (χ1) is 15.0. The number of rotatable bonds is 6. The molecule has 2 fully saturated rings. The van der Waals surface area contributed by atoms with E-state index in [0.717, 1.165) is 50.3 Å². The Bertz CT molecular complexity index is 946. The number of aromatic nitrogens is 1. The lowest BCUT2D eigenvalue weighted by molar-refractivity contribution is -0.119. The Balaban J connectivity index is 1.50. The first kappa shape index (κ1) is 21.1. The molecule has 164 valence electrons. The molecule has 5 N–H and O–H groups in total. The zero-order valence-electron chi connectivity index (χ0n) is 17.9. The number of carbonyl (C=O) groups is 2. The second-order valence-electron chi connectivity index (χ2n) is 8.37. The minimum Gasteiger partial charge on any atom is -0.381 e. The van der Waals surface area contributed by atoms with Crippen LogP contribution in [0.2, 0.25) is 0 Å². The molecular weight excluding hydrogens is 392 g/mol. The molecule has 2 atom stereocenters. The van der Waals surface area contributed by atoms with Crippen molar-refractivity contribution in [2.24, 2.45) is 11.7 Å². The van der Waals surface area contributed by atoms with Crippen LogP contribution in [0.4, 0.5) is 22.9 Å². The number of benzene rings is 1. The summed E-state index contributed by atoms with van der Waals surface area (Å²) in [5.41, 5.74) is 8.42. The van der Waals surface area contributed by atoms with Gasteiger partial charge < -0.3 is 26.6 Å². The van der Waals surface area contributed by atoms with Crippen LogP contribution in [-0.4, -0.2) is 42.5 Å². The summed E-state index contributed by atoms with van der Waals surface area (Å²) in [6.45, 7) is 4.83. The number of carbonyl (C=O) groups excluding carboxylic acids is 2. The highest BCUT2D eigenvalue weighted by Crippen LogP contribution is 2.27. The monoisotopic (exact) mass is 422 g/mol. The Hall–Kier alpha value is -3.13. The van der Waals surface area contributed by atoms with Gasteiger partial charge in [0.15, 0.2) is 0 Å². The number of primary amides is 1. The average Bonchev–Trinajstić information content (AvgIpc) is 2.76. The quantitative estimate of drug-likeness (QED) is 0.569. The summed E-state index contributed by atoms with van der Waals surface area (Å²) in [6.07, 6.45) is 5.10. The van der Waals surface area contributed by atoms with Crippen LogP contribution in [0.3, 0.4) is 0 Å². The molecule has 4 rings (SSSR count). The minimum absolute atomic E-state index is 0.179. The van der Waals surface area contributed by atoms with Crippen molar-refractivity contribution in [1.29, 1.82) is 0 Å². The van der Waals surface area contributed by atoms with Gasteiger partial charge in [0.05, 0.1) is 11.3 Å². The van der Waals surface area contributed by atoms with E-state index in [-0.39, 0.29) is 11.9 Å². The van der Waals surface area contributed by atoms with E-state index in [2.05, 4.69) is 27.9 Å². The Morgan fingerprint density at radius 1 is 1.26 bits per heavy atom. The molecule has 2 amide bonds. The highest BCUT2D eigenvalue weighted by molar-refractivity contribution is 5.98. The SMILES string of the molecule is C[C@H]1CNCC[C@H]1Nc1cc(Nc2ccc(N3CCCCC3=O)cc2)ncc1C(N)=O. The van der Waals surface area contributed by atoms with Gasteiger partial charge in [0.25, 0.3) is 5.91 Å². The summed E-state index contributed by atoms with van der Waals surface area (Å²) in [6, 6.07) is 9.84. The Morgan fingerprint density at radius 2 is 2.06 bits per heavy atom. The summed E-state index contributed by atoms with van der Waals surface area (Å²) >= 11 is 0. The number of nitrogens with two attached hydrogens (primary N) is 1. The van der Waals surface area contributed by atoms with Crippen molar-refractivity contribution < 1.29 is 9.59 Å². The van der Waals surface area contributed by atoms with Crippen molar-refractivity contribution in [2.45, 2.75) is 38.6 Å². The fourth-order valence-electron chi connectivity index (χ4n) is 4.22. The molecule has 2 aliphatic heterocycles. The maximum atomic E-state index is 12.1. The average molecular weight is 423 g/mol. The predicted molar refractivity (Wildman–Crippen MR) is 123 cm³/mol. The molecule has 31 heavy (non-hydrogen) atoms. The molecule has 3 heterocycles. The van der Waals surface area contributed by atoms with E-state index in [4.69, 9.17) is 5.73 Å². The van der Waals surface area contributed by atoms with Crippen molar-refractivity contribution in [2.75, 3.05) is 35.2 Å². The van der Waals surface area contributed by atoms with Gasteiger partial charge in [-0.2, -0.15) is 0 Å². The fraction of sp³-hybridized carbons (Fsp3) is 0.435. The van der Waals surface area contributed by atoms with Gasteiger partial charge in [-0.3, -0.25) is 9.59 Å². The van der Waals surface area contributed by atoms with Crippen LogP contribution in [0.15, 0.2) is 36.5 Å². The minimum atomic E-state index is -0.501. The first-order valence-electron chi connectivity index (χ1n) is 11.0. The van der Waals surface area contributed by atoms with E-state index < -0.39 is 5.91 Å². The van der Waals surface area contributed by atoms with Gasteiger partial charge in [-0.25, -0.2) is 4.98 Å². The van der Waals surface area contributed by atoms with Crippen molar-refractivity contribution in [3.8, 4) is 0 Å². The Morgan fingerprint density at radius 3 is 2.77 bits per heavy atom. The number of anilines is 4. The standard InChI is InChI=1S/C23H30N6O2/c1-15-13-25-10-9-19(15)28-20-12-21(26-14-18(20)23(24)31)27-16-5-7-17(8-6-16)29-11-3-2-4-22(29)30/h5-8,12,14-15,19,25H,2-4,9-11,13H2,1H3,(H2,24,31)(H2,26,27,28)/t15-,19+/m0/s1. The van der Waals surface area contributed by atoms with Gasteiger partial charge in [0, 0.05) is 42.6 Å². The van der Waals surface area contributed by atoms with Gasteiger partial charge in [-0.15, -0.1) is 0 Å². The molecule has 2 saturated heterocycles. The Labute approximate surface area is 182 Å². The molecule has 0 radical (unpaired) electrons. The van der Waals surface area contributed by atoms with Gasteiger partial charge in [0.1, 0.15) is 5.82 Å².